The van der Waals surface area contributed by atoms with E-state index in [9.17, 15) is 9.18 Å². The van der Waals surface area contributed by atoms with Gasteiger partial charge < -0.3 is 5.73 Å². The van der Waals surface area contributed by atoms with E-state index in [1.54, 1.807) is 12.1 Å². The molecule has 0 bridgehead atoms. The lowest BCUT2D eigenvalue weighted by molar-refractivity contribution is -0.120. The molecule has 1 aromatic carbocycles. The van der Waals surface area contributed by atoms with Gasteiger partial charge in [-0.25, -0.2) is 4.39 Å². The molecule has 94 valence electrons. The van der Waals surface area contributed by atoms with Gasteiger partial charge in [-0.1, -0.05) is 26.0 Å². The Morgan fingerprint density at radius 1 is 1.24 bits per heavy atom. The smallest absolute Gasteiger partial charge is 0.239 e. The van der Waals surface area contributed by atoms with Crippen molar-refractivity contribution >= 4 is 5.91 Å². The summed E-state index contributed by atoms with van der Waals surface area (Å²) in [5.74, 6) is -0.393. The lowest BCUT2D eigenvalue weighted by Gasteiger charge is -2.23. The maximum Gasteiger partial charge on any atom is 0.239 e. The Hall–Kier alpha value is -1.42. The Balaban J connectivity index is 2.86. The van der Waals surface area contributed by atoms with Gasteiger partial charge in [0.1, 0.15) is 11.9 Å². The normalized spacial score (nSPS) is 14.6. The van der Waals surface area contributed by atoms with E-state index in [0.29, 0.717) is 11.5 Å². The number of primary amides is 1. The Bertz CT molecular complexity index is 376. The molecule has 0 spiro atoms. The van der Waals surface area contributed by atoms with E-state index >= 15 is 0 Å². The van der Waals surface area contributed by atoms with E-state index in [-0.39, 0.29) is 11.9 Å². The van der Waals surface area contributed by atoms with Gasteiger partial charge in [-0.3, -0.25) is 10.1 Å². The fourth-order valence-corrected chi connectivity index (χ4v) is 1.45. The number of carbonyl (C=O) groups is 1. The molecule has 1 aromatic rings. The van der Waals surface area contributed by atoms with Gasteiger partial charge in [0.15, 0.2) is 0 Å². The molecule has 0 radical (unpaired) electrons. The van der Waals surface area contributed by atoms with Gasteiger partial charge in [-0.2, -0.15) is 0 Å². The molecular weight excluding hydrogens is 219 g/mol. The van der Waals surface area contributed by atoms with Crippen molar-refractivity contribution in [3.63, 3.8) is 0 Å². The molecule has 0 aliphatic carbocycles. The average Bonchev–Trinajstić information content (AvgIpc) is 2.26. The monoisotopic (exact) mass is 238 g/mol. The van der Waals surface area contributed by atoms with Crippen LogP contribution in [0.3, 0.4) is 0 Å². The lowest BCUT2D eigenvalue weighted by Crippen LogP contribution is -2.40. The summed E-state index contributed by atoms with van der Waals surface area (Å²) in [5.41, 5.74) is 6.05. The van der Waals surface area contributed by atoms with Crippen LogP contribution in [-0.2, 0) is 4.79 Å². The van der Waals surface area contributed by atoms with Crippen molar-refractivity contribution in [2.75, 3.05) is 0 Å². The van der Waals surface area contributed by atoms with Crippen LogP contribution in [0.2, 0.25) is 0 Å². The number of nitrogens with two attached hydrogens (primary N) is 1. The minimum Gasteiger partial charge on any atom is -0.368 e. The minimum atomic E-state index is -0.576. The van der Waals surface area contributed by atoms with E-state index in [1.165, 1.54) is 12.1 Å². The van der Waals surface area contributed by atoms with E-state index in [2.05, 4.69) is 19.2 Å². The van der Waals surface area contributed by atoms with Crippen LogP contribution in [0.1, 0.15) is 32.4 Å². The van der Waals surface area contributed by atoms with Crippen molar-refractivity contribution in [3.05, 3.63) is 35.6 Å². The zero-order chi connectivity index (χ0) is 13.0. The summed E-state index contributed by atoms with van der Waals surface area (Å²) in [6, 6.07) is 5.38. The fraction of sp³-hybridized carbons (Fsp3) is 0.462. The number of rotatable bonds is 5. The maximum atomic E-state index is 12.8. The number of nitrogens with one attached hydrogen (secondary N) is 1. The van der Waals surface area contributed by atoms with Gasteiger partial charge in [-0.05, 0) is 30.5 Å². The van der Waals surface area contributed by atoms with Crippen LogP contribution in [0.15, 0.2) is 24.3 Å². The third kappa shape index (κ3) is 3.82. The topological polar surface area (TPSA) is 55.1 Å². The quantitative estimate of drug-likeness (QED) is 0.824. The summed E-state index contributed by atoms with van der Waals surface area (Å²) in [7, 11) is 0. The van der Waals surface area contributed by atoms with Crippen LogP contribution in [0, 0.1) is 11.7 Å². The Morgan fingerprint density at radius 3 is 2.18 bits per heavy atom. The van der Waals surface area contributed by atoms with Gasteiger partial charge in [0, 0.05) is 6.04 Å². The number of carbonyl (C=O) groups excluding carboxylic acids is 1. The largest absolute Gasteiger partial charge is 0.368 e. The zero-order valence-corrected chi connectivity index (χ0v) is 10.4. The second-order valence-corrected chi connectivity index (χ2v) is 4.59. The Kier molecular flexibility index (Phi) is 4.63. The summed E-state index contributed by atoms with van der Waals surface area (Å²) in [6.45, 7) is 6.10. The van der Waals surface area contributed by atoms with Crippen molar-refractivity contribution < 1.29 is 9.18 Å². The molecular formula is C13H19FN2O. The SMILES string of the molecule is CC(C)C(C)NC(C(N)=O)c1ccc(F)cc1. The molecule has 3 N–H and O–H groups in total. The minimum absolute atomic E-state index is 0.151. The van der Waals surface area contributed by atoms with Crippen LogP contribution in [0.5, 0.6) is 0 Å². The molecule has 3 nitrogen and oxygen atoms in total. The number of hydrogen-bond acceptors (Lipinski definition) is 2. The molecule has 2 unspecified atom stereocenters. The second kappa shape index (κ2) is 5.77. The predicted molar refractivity (Wildman–Crippen MR) is 65.8 cm³/mol. The first-order chi connectivity index (χ1) is 7.91. The summed E-state index contributed by atoms with van der Waals surface area (Å²) >= 11 is 0. The Morgan fingerprint density at radius 2 is 1.76 bits per heavy atom. The van der Waals surface area contributed by atoms with Crippen LogP contribution < -0.4 is 11.1 Å². The van der Waals surface area contributed by atoms with Gasteiger partial charge in [0.25, 0.3) is 0 Å². The predicted octanol–water partition coefficient (Wildman–Crippen LogP) is 1.99. The lowest BCUT2D eigenvalue weighted by atomic mass is 10.0. The van der Waals surface area contributed by atoms with Crippen LogP contribution in [0.4, 0.5) is 4.39 Å². The van der Waals surface area contributed by atoms with Crippen LogP contribution in [0.25, 0.3) is 0 Å². The van der Waals surface area contributed by atoms with Crippen LogP contribution in [-0.4, -0.2) is 11.9 Å². The molecule has 1 rings (SSSR count). The summed E-state index contributed by atoms with van der Waals surface area (Å²) in [4.78, 5) is 11.4. The van der Waals surface area contributed by atoms with Gasteiger partial charge >= 0.3 is 0 Å². The molecule has 0 fully saturated rings. The number of halogens is 1. The van der Waals surface area contributed by atoms with Crippen molar-refractivity contribution in [1.29, 1.82) is 0 Å². The van der Waals surface area contributed by atoms with E-state index < -0.39 is 11.9 Å². The van der Waals surface area contributed by atoms with E-state index in [0.717, 1.165) is 0 Å². The molecule has 0 aliphatic rings. The number of amides is 1. The highest BCUT2D eigenvalue weighted by Gasteiger charge is 2.20. The molecule has 0 aromatic heterocycles. The van der Waals surface area contributed by atoms with Crippen molar-refractivity contribution in [2.24, 2.45) is 11.7 Å². The van der Waals surface area contributed by atoms with Gasteiger partial charge in [0.2, 0.25) is 5.91 Å². The second-order valence-electron chi connectivity index (χ2n) is 4.59. The average molecular weight is 238 g/mol. The summed E-state index contributed by atoms with van der Waals surface area (Å²) in [6.07, 6.45) is 0. The van der Waals surface area contributed by atoms with Crippen molar-refractivity contribution in [2.45, 2.75) is 32.9 Å². The molecule has 0 aliphatic heterocycles. The molecule has 0 saturated heterocycles. The van der Waals surface area contributed by atoms with Crippen LogP contribution >= 0.6 is 0 Å². The standard InChI is InChI=1S/C13H19FN2O/c1-8(2)9(3)16-12(13(15)17)10-4-6-11(14)7-5-10/h4-9,12,16H,1-3H3,(H2,15,17). The highest BCUT2D eigenvalue weighted by molar-refractivity contribution is 5.81. The summed E-state index contributed by atoms with van der Waals surface area (Å²) < 4.78 is 12.8. The third-order valence-corrected chi connectivity index (χ3v) is 2.92. The molecule has 17 heavy (non-hydrogen) atoms. The first-order valence-corrected chi connectivity index (χ1v) is 5.72. The fourth-order valence-electron chi connectivity index (χ4n) is 1.45. The van der Waals surface area contributed by atoms with Gasteiger partial charge in [0.05, 0.1) is 0 Å². The first kappa shape index (κ1) is 13.6. The maximum absolute atomic E-state index is 12.8. The first-order valence-electron chi connectivity index (χ1n) is 5.72. The molecule has 2 atom stereocenters. The highest BCUT2D eigenvalue weighted by atomic mass is 19.1. The van der Waals surface area contributed by atoms with Crippen molar-refractivity contribution in [1.82, 2.24) is 5.32 Å². The number of benzene rings is 1. The number of hydrogen-bond donors (Lipinski definition) is 2. The summed E-state index contributed by atoms with van der Waals surface area (Å²) in [5, 5.41) is 3.15. The molecule has 1 amide bonds. The zero-order valence-electron chi connectivity index (χ0n) is 10.4. The molecule has 0 saturated carbocycles. The third-order valence-electron chi connectivity index (χ3n) is 2.92. The van der Waals surface area contributed by atoms with Crippen molar-refractivity contribution in [3.8, 4) is 0 Å². The molecule has 4 heteroatoms. The van der Waals surface area contributed by atoms with E-state index in [4.69, 9.17) is 5.73 Å². The van der Waals surface area contributed by atoms with E-state index in [1.807, 2.05) is 6.92 Å². The molecule has 0 heterocycles. The Labute approximate surface area is 101 Å². The van der Waals surface area contributed by atoms with Gasteiger partial charge in [-0.15, -0.1) is 0 Å². The highest BCUT2D eigenvalue weighted by Crippen LogP contribution is 2.15.